The molecule has 5 heteroatoms. The van der Waals surface area contributed by atoms with Crippen LogP contribution < -0.4 is 5.73 Å². The van der Waals surface area contributed by atoms with Gasteiger partial charge in [0, 0.05) is 18.5 Å². The number of carbonyl (C=O) groups excluding carboxylic acids is 1. The average molecular weight is 281 g/mol. The maximum absolute atomic E-state index is 12.4. The Morgan fingerprint density at radius 3 is 2.89 bits per heavy atom. The quantitative estimate of drug-likeness (QED) is 0.926. The smallest absolute Gasteiger partial charge is 0.273 e. The second kappa shape index (κ2) is 6.01. The third-order valence-electron chi connectivity index (χ3n) is 3.91. The Morgan fingerprint density at radius 1 is 1.58 bits per heavy atom. The molecule has 2 N–H and O–H groups in total. The van der Waals surface area contributed by atoms with E-state index >= 15 is 0 Å². The van der Waals surface area contributed by atoms with E-state index in [1.165, 1.54) is 24.2 Å². The molecule has 106 valence electrons. The van der Waals surface area contributed by atoms with Crippen LogP contribution in [0.1, 0.15) is 61.1 Å². The molecule has 1 heterocycles. The summed E-state index contributed by atoms with van der Waals surface area (Å²) in [5.41, 5.74) is 6.33. The summed E-state index contributed by atoms with van der Waals surface area (Å²) in [5, 5.41) is 2.65. The highest BCUT2D eigenvalue weighted by Crippen LogP contribution is 2.27. The van der Waals surface area contributed by atoms with E-state index in [4.69, 9.17) is 5.73 Å². The molecule has 1 aliphatic rings. The van der Waals surface area contributed by atoms with E-state index in [2.05, 4.69) is 11.9 Å². The first-order valence-corrected chi connectivity index (χ1v) is 7.85. The number of aromatic nitrogens is 1. The fourth-order valence-electron chi connectivity index (χ4n) is 2.70. The van der Waals surface area contributed by atoms with Gasteiger partial charge in [-0.3, -0.25) is 4.79 Å². The van der Waals surface area contributed by atoms with Crippen molar-refractivity contribution >= 4 is 17.2 Å². The first kappa shape index (κ1) is 14.5. The molecule has 0 aliphatic heterocycles. The van der Waals surface area contributed by atoms with Crippen molar-refractivity contribution in [3.8, 4) is 0 Å². The Labute approximate surface area is 119 Å². The van der Waals surface area contributed by atoms with Gasteiger partial charge in [0.1, 0.15) is 10.7 Å². The molecule has 1 saturated carbocycles. The molecule has 1 amide bonds. The van der Waals surface area contributed by atoms with Crippen molar-refractivity contribution in [1.29, 1.82) is 0 Å². The van der Waals surface area contributed by atoms with Gasteiger partial charge in [-0.15, -0.1) is 11.3 Å². The van der Waals surface area contributed by atoms with E-state index in [1.54, 1.807) is 0 Å². The van der Waals surface area contributed by atoms with Gasteiger partial charge in [-0.25, -0.2) is 4.98 Å². The van der Waals surface area contributed by atoms with Crippen LogP contribution in [0.25, 0.3) is 0 Å². The number of hydrogen-bond donors (Lipinski definition) is 1. The SMILES string of the molecule is CC1CCCC(N(C)C(=O)c2csc(C(C)N)n2)C1. The van der Waals surface area contributed by atoms with Crippen LogP contribution in [0.5, 0.6) is 0 Å². The highest BCUT2D eigenvalue weighted by atomic mass is 32.1. The number of nitrogens with zero attached hydrogens (tertiary/aromatic N) is 2. The lowest BCUT2D eigenvalue weighted by Gasteiger charge is -2.33. The van der Waals surface area contributed by atoms with E-state index in [9.17, 15) is 4.79 Å². The summed E-state index contributed by atoms with van der Waals surface area (Å²) in [6, 6.07) is 0.253. The van der Waals surface area contributed by atoms with E-state index in [1.807, 2.05) is 24.3 Å². The Kier molecular flexibility index (Phi) is 4.58. The Morgan fingerprint density at radius 2 is 2.32 bits per heavy atom. The topological polar surface area (TPSA) is 59.2 Å². The van der Waals surface area contributed by atoms with Gasteiger partial charge < -0.3 is 10.6 Å². The highest BCUT2D eigenvalue weighted by molar-refractivity contribution is 7.09. The van der Waals surface area contributed by atoms with E-state index in [0.29, 0.717) is 17.7 Å². The zero-order valence-electron chi connectivity index (χ0n) is 11.9. The van der Waals surface area contributed by atoms with Crippen LogP contribution in [0.3, 0.4) is 0 Å². The van der Waals surface area contributed by atoms with Crippen LogP contribution in [-0.4, -0.2) is 28.9 Å². The van der Waals surface area contributed by atoms with E-state index in [-0.39, 0.29) is 11.9 Å². The molecule has 0 spiro atoms. The number of rotatable bonds is 3. The molecule has 0 saturated heterocycles. The van der Waals surface area contributed by atoms with Crippen molar-refractivity contribution in [3.05, 3.63) is 16.1 Å². The third-order valence-corrected chi connectivity index (χ3v) is 4.95. The van der Waals surface area contributed by atoms with Crippen molar-refractivity contribution < 1.29 is 4.79 Å². The molecule has 1 aromatic rings. The molecule has 1 fully saturated rings. The molecular weight excluding hydrogens is 258 g/mol. The minimum atomic E-state index is -0.105. The number of carbonyl (C=O) groups is 1. The fraction of sp³-hybridized carbons (Fsp3) is 0.714. The second-order valence-corrected chi connectivity index (χ2v) is 6.59. The lowest BCUT2D eigenvalue weighted by atomic mass is 9.86. The number of thiazole rings is 1. The maximum Gasteiger partial charge on any atom is 0.273 e. The van der Waals surface area contributed by atoms with Gasteiger partial charge in [0.25, 0.3) is 5.91 Å². The molecule has 1 aliphatic carbocycles. The Bertz CT molecular complexity index is 444. The molecular formula is C14H23N3OS. The molecule has 3 atom stereocenters. The molecule has 0 bridgehead atoms. The van der Waals surface area contributed by atoms with E-state index < -0.39 is 0 Å². The van der Waals surface area contributed by atoms with Gasteiger partial charge in [0.15, 0.2) is 0 Å². The van der Waals surface area contributed by atoms with Crippen LogP contribution >= 0.6 is 11.3 Å². The molecule has 0 aromatic carbocycles. The van der Waals surface area contributed by atoms with Crippen molar-refractivity contribution in [2.75, 3.05) is 7.05 Å². The Balaban J connectivity index is 2.05. The van der Waals surface area contributed by atoms with Crippen molar-refractivity contribution in [3.63, 3.8) is 0 Å². The average Bonchev–Trinajstić information content (AvgIpc) is 2.86. The molecule has 3 unspecified atom stereocenters. The second-order valence-electron chi connectivity index (χ2n) is 5.70. The summed E-state index contributed by atoms with van der Waals surface area (Å²) in [7, 11) is 1.90. The summed E-state index contributed by atoms with van der Waals surface area (Å²) in [6.45, 7) is 4.15. The standard InChI is InChI=1S/C14H23N3OS/c1-9-5-4-6-11(7-9)17(3)14(18)12-8-19-13(16-12)10(2)15/h8-11H,4-7,15H2,1-3H3. The van der Waals surface area contributed by atoms with Gasteiger partial charge in [-0.05, 0) is 25.7 Å². The van der Waals surface area contributed by atoms with Gasteiger partial charge in [-0.2, -0.15) is 0 Å². The first-order chi connectivity index (χ1) is 8.99. The molecule has 1 aromatic heterocycles. The summed E-state index contributed by atoms with van der Waals surface area (Å²) in [6.07, 6.45) is 4.71. The summed E-state index contributed by atoms with van der Waals surface area (Å²) in [5.74, 6) is 0.742. The van der Waals surface area contributed by atoms with Gasteiger partial charge in [0.05, 0.1) is 6.04 Å². The number of amides is 1. The first-order valence-electron chi connectivity index (χ1n) is 6.97. The Hall–Kier alpha value is -0.940. The van der Waals surface area contributed by atoms with Crippen LogP contribution in [0.2, 0.25) is 0 Å². The van der Waals surface area contributed by atoms with Crippen LogP contribution in [0.15, 0.2) is 5.38 Å². The minimum Gasteiger partial charge on any atom is -0.337 e. The van der Waals surface area contributed by atoms with Crippen molar-refractivity contribution in [1.82, 2.24) is 9.88 Å². The molecule has 4 nitrogen and oxygen atoms in total. The third kappa shape index (κ3) is 3.34. The van der Waals surface area contributed by atoms with Gasteiger partial charge >= 0.3 is 0 Å². The van der Waals surface area contributed by atoms with Gasteiger partial charge in [-0.1, -0.05) is 19.8 Å². The van der Waals surface area contributed by atoms with Crippen LogP contribution in [0.4, 0.5) is 0 Å². The fourth-order valence-corrected chi connectivity index (χ4v) is 3.45. The van der Waals surface area contributed by atoms with E-state index in [0.717, 1.165) is 17.8 Å². The molecule has 0 radical (unpaired) electrons. The number of nitrogens with two attached hydrogens (primary N) is 1. The van der Waals surface area contributed by atoms with Gasteiger partial charge in [0.2, 0.25) is 0 Å². The lowest BCUT2D eigenvalue weighted by Crippen LogP contribution is -2.40. The predicted molar refractivity (Wildman–Crippen MR) is 78.2 cm³/mol. The lowest BCUT2D eigenvalue weighted by molar-refractivity contribution is 0.0667. The summed E-state index contributed by atoms with van der Waals surface area (Å²) >= 11 is 1.47. The van der Waals surface area contributed by atoms with Crippen molar-refractivity contribution in [2.45, 2.75) is 51.6 Å². The van der Waals surface area contributed by atoms with Crippen molar-refractivity contribution in [2.24, 2.45) is 11.7 Å². The predicted octanol–water partition coefficient (Wildman–Crippen LogP) is 2.81. The summed E-state index contributed by atoms with van der Waals surface area (Å²) < 4.78 is 0. The summed E-state index contributed by atoms with van der Waals surface area (Å²) in [4.78, 5) is 18.6. The molecule has 2 rings (SSSR count). The maximum atomic E-state index is 12.4. The highest BCUT2D eigenvalue weighted by Gasteiger charge is 2.27. The zero-order valence-corrected chi connectivity index (χ0v) is 12.7. The van der Waals surface area contributed by atoms with Crippen LogP contribution in [-0.2, 0) is 0 Å². The zero-order chi connectivity index (χ0) is 14.0. The monoisotopic (exact) mass is 281 g/mol. The number of hydrogen-bond acceptors (Lipinski definition) is 4. The minimum absolute atomic E-state index is 0.0299. The molecule has 19 heavy (non-hydrogen) atoms. The normalized spacial score (nSPS) is 25.1. The largest absolute Gasteiger partial charge is 0.337 e. The van der Waals surface area contributed by atoms with Crippen LogP contribution in [0, 0.1) is 5.92 Å².